The van der Waals surface area contributed by atoms with Gasteiger partial charge in [-0.05, 0) is 42.3 Å². The molecule has 3 aromatic carbocycles. The number of hydrogen-bond donors (Lipinski definition) is 1. The number of carbonyl (C=O) groups is 2. The van der Waals surface area contributed by atoms with Gasteiger partial charge < -0.3 is 9.84 Å². The number of benzene rings is 3. The van der Waals surface area contributed by atoms with Crippen LogP contribution in [0.15, 0.2) is 66.7 Å². The Morgan fingerprint density at radius 2 is 1.71 bits per heavy atom. The molecule has 0 saturated heterocycles. The molecule has 1 heterocycles. The number of thiophene rings is 1. The first-order valence-electron chi connectivity index (χ1n) is 10.3. The highest BCUT2D eigenvalue weighted by atomic mass is 32.1. The predicted molar refractivity (Wildman–Crippen MR) is 125 cm³/mol. The van der Waals surface area contributed by atoms with Crippen LogP contribution in [0.2, 0.25) is 0 Å². The number of ether oxygens (including phenoxy) is 1. The van der Waals surface area contributed by atoms with E-state index in [0.717, 1.165) is 15.6 Å². The zero-order valence-corrected chi connectivity index (χ0v) is 18.4. The smallest absolute Gasteiger partial charge is 0.309 e. The van der Waals surface area contributed by atoms with E-state index in [1.165, 1.54) is 10.1 Å². The Morgan fingerprint density at radius 1 is 1.00 bits per heavy atom. The molecule has 0 aliphatic heterocycles. The molecule has 158 valence electrons. The third-order valence-electron chi connectivity index (χ3n) is 5.86. The maximum Gasteiger partial charge on any atom is 0.309 e. The largest absolute Gasteiger partial charge is 0.487 e. The highest BCUT2D eigenvalue weighted by molar-refractivity contribution is 7.19. The first-order chi connectivity index (χ1) is 14.9. The van der Waals surface area contributed by atoms with Crippen LogP contribution in [0, 0.1) is 5.41 Å². The molecular weight excluding hydrogens is 408 g/mol. The second-order valence-electron chi connectivity index (χ2n) is 8.02. The maximum atomic E-state index is 13.2. The Balaban J connectivity index is 1.70. The van der Waals surface area contributed by atoms with Gasteiger partial charge in [0, 0.05) is 21.4 Å². The van der Waals surface area contributed by atoms with Gasteiger partial charge in [0.05, 0.1) is 11.0 Å². The molecule has 0 amide bonds. The molecule has 5 heteroatoms. The quantitative estimate of drug-likeness (QED) is 0.314. The Morgan fingerprint density at radius 3 is 2.42 bits per heavy atom. The van der Waals surface area contributed by atoms with Crippen molar-refractivity contribution in [2.24, 2.45) is 5.41 Å². The Kier molecular flexibility index (Phi) is 5.79. The zero-order valence-electron chi connectivity index (χ0n) is 17.6. The SMILES string of the molecule is CCC(C)(CC(=O)c1ccc2ccccc2c1OCc1cc2ccccc2s1)C(=O)O. The van der Waals surface area contributed by atoms with E-state index in [0.29, 0.717) is 24.3 Å². The van der Waals surface area contributed by atoms with E-state index in [4.69, 9.17) is 4.74 Å². The van der Waals surface area contributed by atoms with Gasteiger partial charge in [0.25, 0.3) is 0 Å². The lowest BCUT2D eigenvalue weighted by Crippen LogP contribution is -2.29. The Bertz CT molecular complexity index is 1240. The van der Waals surface area contributed by atoms with Gasteiger partial charge >= 0.3 is 5.97 Å². The van der Waals surface area contributed by atoms with Crippen LogP contribution in [0.3, 0.4) is 0 Å². The van der Waals surface area contributed by atoms with Gasteiger partial charge in [-0.1, -0.05) is 55.5 Å². The van der Waals surface area contributed by atoms with E-state index in [-0.39, 0.29) is 12.2 Å². The number of rotatable bonds is 8. The number of carboxylic acids is 1. The van der Waals surface area contributed by atoms with Crippen LogP contribution in [0.1, 0.15) is 41.9 Å². The summed E-state index contributed by atoms with van der Waals surface area (Å²) in [6.07, 6.45) is 0.302. The average Bonchev–Trinajstić information content (AvgIpc) is 3.20. The number of aliphatic carboxylic acids is 1. The van der Waals surface area contributed by atoms with Gasteiger partial charge in [0.1, 0.15) is 12.4 Å². The zero-order chi connectivity index (χ0) is 22.0. The van der Waals surface area contributed by atoms with Gasteiger partial charge in [-0.2, -0.15) is 0 Å². The first-order valence-corrected chi connectivity index (χ1v) is 11.1. The molecule has 0 aliphatic rings. The summed E-state index contributed by atoms with van der Waals surface area (Å²) in [5.74, 6) is -0.662. The topological polar surface area (TPSA) is 63.6 Å². The van der Waals surface area contributed by atoms with E-state index in [1.54, 1.807) is 31.3 Å². The molecule has 1 atom stereocenters. The fraction of sp³-hybridized carbons (Fsp3) is 0.231. The van der Waals surface area contributed by atoms with Gasteiger partial charge in [-0.3, -0.25) is 9.59 Å². The number of ketones is 1. The maximum absolute atomic E-state index is 13.2. The number of carboxylic acid groups (broad SMARTS) is 1. The van der Waals surface area contributed by atoms with Gasteiger partial charge in [-0.25, -0.2) is 0 Å². The van der Waals surface area contributed by atoms with Gasteiger partial charge in [0.2, 0.25) is 0 Å². The number of carbonyl (C=O) groups excluding carboxylic acids is 1. The molecule has 0 aliphatic carbocycles. The standard InChI is InChI=1S/C26H24O4S/c1-3-26(2,25(28)29)15-22(27)21-13-12-17-8-4-6-10-20(17)24(21)30-16-19-14-18-9-5-7-11-23(18)31-19/h4-14H,3,15-16H2,1-2H3,(H,28,29). The molecule has 0 fully saturated rings. The molecule has 1 unspecified atom stereocenters. The van der Waals surface area contributed by atoms with Crippen molar-refractivity contribution in [3.8, 4) is 5.75 Å². The molecule has 31 heavy (non-hydrogen) atoms. The second kappa shape index (κ2) is 8.52. The van der Waals surface area contributed by atoms with Crippen molar-refractivity contribution in [1.82, 2.24) is 0 Å². The Hall–Kier alpha value is -3.18. The van der Waals surface area contributed by atoms with Crippen LogP contribution in [0.5, 0.6) is 5.75 Å². The molecule has 0 spiro atoms. The van der Waals surface area contributed by atoms with Gasteiger partial charge in [-0.15, -0.1) is 11.3 Å². The summed E-state index contributed by atoms with van der Waals surface area (Å²) in [6, 6.07) is 21.7. The highest BCUT2D eigenvalue weighted by Crippen LogP contribution is 2.36. The molecule has 4 aromatic rings. The van der Waals surface area contributed by atoms with Crippen molar-refractivity contribution in [1.29, 1.82) is 0 Å². The van der Waals surface area contributed by atoms with Crippen LogP contribution in [0.25, 0.3) is 20.9 Å². The van der Waals surface area contributed by atoms with Crippen molar-refractivity contribution in [3.63, 3.8) is 0 Å². The molecule has 0 radical (unpaired) electrons. The lowest BCUT2D eigenvalue weighted by Gasteiger charge is -2.23. The Labute approximate surface area is 185 Å². The fourth-order valence-corrected chi connectivity index (χ4v) is 4.65. The molecule has 1 aromatic heterocycles. The minimum Gasteiger partial charge on any atom is -0.487 e. The summed E-state index contributed by atoms with van der Waals surface area (Å²) < 4.78 is 7.43. The van der Waals surface area contributed by atoms with E-state index in [1.807, 2.05) is 42.5 Å². The minimum atomic E-state index is -1.11. The van der Waals surface area contributed by atoms with Crippen molar-refractivity contribution >= 4 is 43.9 Å². The van der Waals surface area contributed by atoms with E-state index < -0.39 is 11.4 Å². The lowest BCUT2D eigenvalue weighted by atomic mass is 9.81. The molecular formula is C26H24O4S. The van der Waals surface area contributed by atoms with Crippen LogP contribution < -0.4 is 4.74 Å². The van der Waals surface area contributed by atoms with Crippen molar-refractivity contribution in [2.75, 3.05) is 0 Å². The summed E-state index contributed by atoms with van der Waals surface area (Å²) in [5.41, 5.74) is -0.674. The predicted octanol–water partition coefficient (Wildman–Crippen LogP) is 6.71. The van der Waals surface area contributed by atoms with Crippen LogP contribution >= 0.6 is 11.3 Å². The van der Waals surface area contributed by atoms with E-state index in [2.05, 4.69) is 18.2 Å². The highest BCUT2D eigenvalue weighted by Gasteiger charge is 2.35. The average molecular weight is 433 g/mol. The van der Waals surface area contributed by atoms with Gasteiger partial charge in [0.15, 0.2) is 5.78 Å². The summed E-state index contributed by atoms with van der Waals surface area (Å²) in [7, 11) is 0. The fourth-order valence-electron chi connectivity index (χ4n) is 3.67. The summed E-state index contributed by atoms with van der Waals surface area (Å²) in [5, 5.41) is 12.6. The van der Waals surface area contributed by atoms with E-state index in [9.17, 15) is 14.7 Å². The molecule has 0 saturated carbocycles. The lowest BCUT2D eigenvalue weighted by molar-refractivity contribution is -0.148. The number of hydrogen-bond acceptors (Lipinski definition) is 4. The van der Waals surface area contributed by atoms with Crippen molar-refractivity contribution < 1.29 is 19.4 Å². The van der Waals surface area contributed by atoms with E-state index >= 15 is 0 Å². The molecule has 4 rings (SSSR count). The van der Waals surface area contributed by atoms with Crippen molar-refractivity contribution in [3.05, 3.63) is 77.2 Å². The van der Waals surface area contributed by atoms with Crippen LogP contribution in [-0.4, -0.2) is 16.9 Å². The first kappa shape index (κ1) is 21.1. The number of Topliss-reactive ketones (excluding diaryl/α,β-unsaturated/α-hetero) is 1. The number of fused-ring (bicyclic) bond motifs is 2. The van der Waals surface area contributed by atoms with Crippen LogP contribution in [0.4, 0.5) is 0 Å². The van der Waals surface area contributed by atoms with Crippen LogP contribution in [-0.2, 0) is 11.4 Å². The summed E-state index contributed by atoms with van der Waals surface area (Å²) in [4.78, 5) is 26.0. The summed E-state index contributed by atoms with van der Waals surface area (Å²) >= 11 is 1.67. The molecule has 0 bridgehead atoms. The monoisotopic (exact) mass is 432 g/mol. The summed E-state index contributed by atoms with van der Waals surface area (Å²) in [6.45, 7) is 3.75. The second-order valence-corrected chi connectivity index (χ2v) is 9.19. The minimum absolute atomic E-state index is 0.0730. The third kappa shape index (κ3) is 4.19. The third-order valence-corrected chi connectivity index (χ3v) is 6.95. The molecule has 4 nitrogen and oxygen atoms in total. The normalized spacial score (nSPS) is 13.2. The molecule has 1 N–H and O–H groups in total. The van der Waals surface area contributed by atoms with Crippen molar-refractivity contribution in [2.45, 2.75) is 33.3 Å².